The van der Waals surface area contributed by atoms with Crippen LogP contribution in [0.1, 0.15) is 25.5 Å². The van der Waals surface area contributed by atoms with Crippen LogP contribution in [0.4, 0.5) is 0 Å². The Morgan fingerprint density at radius 2 is 2.36 bits per heavy atom. The molecule has 1 amide bonds. The number of hydrogen-bond donors (Lipinski definition) is 2. The zero-order chi connectivity index (χ0) is 15.4. The third kappa shape index (κ3) is 3.84. The predicted octanol–water partition coefficient (Wildman–Crippen LogP) is 1.02. The van der Waals surface area contributed by atoms with Crippen LogP contribution in [0.5, 0.6) is 0 Å². The highest BCUT2D eigenvalue weighted by molar-refractivity contribution is 5.79. The van der Waals surface area contributed by atoms with Crippen LogP contribution in [-0.2, 0) is 11.3 Å². The van der Waals surface area contributed by atoms with Gasteiger partial charge in [0.25, 0.3) is 0 Å². The number of hydrogen-bond acceptors (Lipinski definition) is 4. The van der Waals surface area contributed by atoms with Crippen LogP contribution in [-0.4, -0.2) is 48.0 Å². The minimum absolute atomic E-state index is 0.166. The number of pyridine rings is 1. The Balaban J connectivity index is 1.48. The molecular formula is C17H26N4O. The van der Waals surface area contributed by atoms with Crippen molar-refractivity contribution < 1.29 is 4.79 Å². The summed E-state index contributed by atoms with van der Waals surface area (Å²) in [4.78, 5) is 19.1. The molecule has 2 N–H and O–H groups in total. The molecule has 0 aliphatic carbocycles. The number of carbonyl (C=O) groups excluding carboxylic acids is 1. The molecule has 3 rings (SSSR count). The molecular weight excluding hydrogens is 276 g/mol. The lowest BCUT2D eigenvalue weighted by atomic mass is 9.93. The van der Waals surface area contributed by atoms with E-state index in [1.54, 1.807) is 0 Å². The normalized spacial score (nSPS) is 29.4. The Hall–Kier alpha value is -1.46. The largest absolute Gasteiger partial charge is 0.353 e. The van der Waals surface area contributed by atoms with Crippen LogP contribution in [0.2, 0.25) is 0 Å². The van der Waals surface area contributed by atoms with Gasteiger partial charge in [0.1, 0.15) is 0 Å². The fraction of sp³-hybridized carbons (Fsp3) is 0.647. The van der Waals surface area contributed by atoms with Crippen LogP contribution in [0, 0.1) is 11.8 Å². The van der Waals surface area contributed by atoms with Gasteiger partial charge in [-0.3, -0.25) is 14.7 Å². The van der Waals surface area contributed by atoms with Crippen molar-refractivity contribution in [1.82, 2.24) is 20.5 Å². The van der Waals surface area contributed by atoms with E-state index in [0.29, 0.717) is 12.0 Å². The molecule has 0 unspecified atom stereocenters. The molecule has 2 aliphatic heterocycles. The first-order valence-electron chi connectivity index (χ1n) is 8.35. The van der Waals surface area contributed by atoms with Crippen molar-refractivity contribution in [3.05, 3.63) is 30.1 Å². The lowest BCUT2D eigenvalue weighted by Crippen LogP contribution is -2.51. The Bertz CT molecular complexity index is 487. The zero-order valence-corrected chi connectivity index (χ0v) is 13.3. The van der Waals surface area contributed by atoms with Crippen molar-refractivity contribution in [2.24, 2.45) is 11.8 Å². The highest BCUT2D eigenvalue weighted by Gasteiger charge is 2.30. The molecule has 5 heteroatoms. The van der Waals surface area contributed by atoms with Gasteiger partial charge < -0.3 is 10.6 Å². The van der Waals surface area contributed by atoms with Crippen molar-refractivity contribution >= 4 is 5.91 Å². The number of piperidine rings is 1. The van der Waals surface area contributed by atoms with Crippen molar-refractivity contribution in [3.63, 3.8) is 0 Å². The SMILES string of the molecule is C[C@@H]1CN(Cc2ccccn2)CC[C@H]1NC(=O)[C@H]1CCNC1. The summed E-state index contributed by atoms with van der Waals surface area (Å²) in [6.07, 6.45) is 3.85. The molecule has 0 spiro atoms. The number of nitrogens with zero attached hydrogens (tertiary/aromatic N) is 2. The highest BCUT2D eigenvalue weighted by Crippen LogP contribution is 2.19. The van der Waals surface area contributed by atoms with Gasteiger partial charge in [-0.25, -0.2) is 0 Å². The molecule has 3 heterocycles. The molecule has 0 saturated carbocycles. The first-order valence-corrected chi connectivity index (χ1v) is 8.35. The van der Waals surface area contributed by atoms with Gasteiger partial charge in [-0.05, 0) is 37.4 Å². The summed E-state index contributed by atoms with van der Waals surface area (Å²) in [6.45, 7) is 6.98. The lowest BCUT2D eigenvalue weighted by molar-refractivity contribution is -0.125. The minimum Gasteiger partial charge on any atom is -0.353 e. The minimum atomic E-state index is 0.166. The van der Waals surface area contributed by atoms with E-state index in [2.05, 4.69) is 33.5 Å². The molecule has 3 atom stereocenters. The van der Waals surface area contributed by atoms with Gasteiger partial charge >= 0.3 is 0 Å². The van der Waals surface area contributed by atoms with Crippen LogP contribution in [0.25, 0.3) is 0 Å². The molecule has 5 nitrogen and oxygen atoms in total. The fourth-order valence-corrected chi connectivity index (χ4v) is 3.49. The third-order valence-corrected chi connectivity index (χ3v) is 4.86. The number of carbonyl (C=O) groups is 1. The van der Waals surface area contributed by atoms with Gasteiger partial charge in [-0.1, -0.05) is 13.0 Å². The van der Waals surface area contributed by atoms with Crippen LogP contribution >= 0.6 is 0 Å². The molecule has 0 radical (unpaired) electrons. The Labute approximate surface area is 132 Å². The predicted molar refractivity (Wildman–Crippen MR) is 86.2 cm³/mol. The second kappa shape index (κ2) is 7.20. The number of rotatable bonds is 4. The third-order valence-electron chi connectivity index (χ3n) is 4.86. The van der Waals surface area contributed by atoms with E-state index in [1.165, 1.54) is 0 Å². The summed E-state index contributed by atoms with van der Waals surface area (Å²) < 4.78 is 0. The Morgan fingerprint density at radius 1 is 1.45 bits per heavy atom. The summed E-state index contributed by atoms with van der Waals surface area (Å²) in [5, 5.41) is 6.53. The van der Waals surface area contributed by atoms with Gasteiger partial charge in [0.2, 0.25) is 5.91 Å². The van der Waals surface area contributed by atoms with Crippen LogP contribution in [0.15, 0.2) is 24.4 Å². The van der Waals surface area contributed by atoms with Gasteiger partial charge in [-0.2, -0.15) is 0 Å². The summed E-state index contributed by atoms with van der Waals surface area (Å²) in [5.41, 5.74) is 1.12. The smallest absolute Gasteiger partial charge is 0.224 e. The van der Waals surface area contributed by atoms with Crippen LogP contribution < -0.4 is 10.6 Å². The fourth-order valence-electron chi connectivity index (χ4n) is 3.49. The van der Waals surface area contributed by atoms with E-state index in [9.17, 15) is 4.79 Å². The van der Waals surface area contributed by atoms with Gasteiger partial charge in [0.15, 0.2) is 0 Å². The van der Waals surface area contributed by atoms with E-state index >= 15 is 0 Å². The van der Waals surface area contributed by atoms with Crippen molar-refractivity contribution in [1.29, 1.82) is 0 Å². The molecule has 0 aromatic carbocycles. The summed E-state index contributed by atoms with van der Waals surface area (Å²) in [5.74, 6) is 0.884. The average Bonchev–Trinajstić information content (AvgIpc) is 3.05. The summed E-state index contributed by atoms with van der Waals surface area (Å²) in [6, 6.07) is 6.37. The Morgan fingerprint density at radius 3 is 3.05 bits per heavy atom. The van der Waals surface area contributed by atoms with Gasteiger partial charge in [0.05, 0.1) is 11.6 Å². The average molecular weight is 302 g/mol. The first kappa shape index (κ1) is 15.4. The van der Waals surface area contributed by atoms with Crippen molar-refractivity contribution in [3.8, 4) is 0 Å². The molecule has 2 fully saturated rings. The Kier molecular flexibility index (Phi) is 5.05. The standard InChI is InChI=1S/C17H26N4O/c1-13-11-21(12-15-4-2-3-7-19-15)9-6-16(13)20-17(22)14-5-8-18-10-14/h2-4,7,13-14,16,18H,5-6,8-12H2,1H3,(H,20,22)/t13-,14+,16-/m1/s1. The maximum atomic E-state index is 12.3. The second-order valence-corrected chi connectivity index (χ2v) is 6.63. The molecule has 2 saturated heterocycles. The lowest BCUT2D eigenvalue weighted by Gasteiger charge is -2.37. The van der Waals surface area contributed by atoms with Crippen molar-refractivity contribution in [2.75, 3.05) is 26.2 Å². The van der Waals surface area contributed by atoms with E-state index in [4.69, 9.17) is 0 Å². The van der Waals surface area contributed by atoms with Gasteiger partial charge in [0, 0.05) is 38.4 Å². The number of aromatic nitrogens is 1. The van der Waals surface area contributed by atoms with E-state index in [-0.39, 0.29) is 11.8 Å². The molecule has 0 bridgehead atoms. The molecule has 120 valence electrons. The maximum absolute atomic E-state index is 12.3. The zero-order valence-electron chi connectivity index (χ0n) is 13.3. The summed E-state index contributed by atoms with van der Waals surface area (Å²) in [7, 11) is 0. The summed E-state index contributed by atoms with van der Waals surface area (Å²) >= 11 is 0. The molecule has 1 aromatic rings. The molecule has 22 heavy (non-hydrogen) atoms. The van der Waals surface area contributed by atoms with E-state index in [0.717, 1.165) is 51.3 Å². The quantitative estimate of drug-likeness (QED) is 0.872. The molecule has 2 aliphatic rings. The monoisotopic (exact) mass is 302 g/mol. The second-order valence-electron chi connectivity index (χ2n) is 6.63. The molecule has 1 aromatic heterocycles. The number of nitrogens with one attached hydrogen (secondary N) is 2. The van der Waals surface area contributed by atoms with E-state index in [1.807, 2.05) is 18.3 Å². The van der Waals surface area contributed by atoms with Crippen LogP contribution in [0.3, 0.4) is 0 Å². The highest BCUT2D eigenvalue weighted by atomic mass is 16.2. The maximum Gasteiger partial charge on any atom is 0.224 e. The first-order chi connectivity index (χ1) is 10.7. The van der Waals surface area contributed by atoms with E-state index < -0.39 is 0 Å². The van der Waals surface area contributed by atoms with Gasteiger partial charge in [-0.15, -0.1) is 0 Å². The number of likely N-dealkylation sites (tertiary alicyclic amines) is 1. The number of amides is 1. The topological polar surface area (TPSA) is 57.3 Å². The van der Waals surface area contributed by atoms with Crippen molar-refractivity contribution in [2.45, 2.75) is 32.4 Å².